The lowest BCUT2D eigenvalue weighted by atomic mass is 9.95. The molecule has 5 nitrogen and oxygen atoms in total. The van der Waals surface area contributed by atoms with Crippen molar-refractivity contribution in [2.75, 3.05) is 10.6 Å². The zero-order valence-electron chi connectivity index (χ0n) is 14.6. The molecule has 0 unspecified atom stereocenters. The van der Waals surface area contributed by atoms with E-state index in [0.29, 0.717) is 23.9 Å². The van der Waals surface area contributed by atoms with Crippen LogP contribution in [0.2, 0.25) is 0 Å². The molecule has 0 aliphatic heterocycles. The summed E-state index contributed by atoms with van der Waals surface area (Å²) in [5.74, 6) is 0.494. The summed E-state index contributed by atoms with van der Waals surface area (Å²) in [6.07, 6.45) is 5.94. The second kappa shape index (κ2) is 6.94. The Labute approximate surface area is 148 Å². The summed E-state index contributed by atoms with van der Waals surface area (Å²) in [4.78, 5) is 12.8. The van der Waals surface area contributed by atoms with Gasteiger partial charge < -0.3 is 5.32 Å². The van der Waals surface area contributed by atoms with E-state index in [2.05, 4.69) is 5.32 Å². The number of anilines is 1. The van der Waals surface area contributed by atoms with Crippen molar-refractivity contribution in [3.05, 3.63) is 30.1 Å². The number of halogens is 1. The van der Waals surface area contributed by atoms with Crippen molar-refractivity contribution in [2.24, 2.45) is 11.8 Å². The summed E-state index contributed by atoms with van der Waals surface area (Å²) in [7, 11) is -3.68. The van der Waals surface area contributed by atoms with Gasteiger partial charge in [-0.1, -0.05) is 13.3 Å². The SMILES string of the molecule is CC[C@@H](C(=O)N[C@@H]1C[C@@H]2CC[C@@H]1C2)N(c1ccc(F)cc1)S(C)(=O)=O. The number of nitrogens with zero attached hydrogens (tertiary/aromatic N) is 1. The van der Waals surface area contributed by atoms with Gasteiger partial charge >= 0.3 is 0 Å². The summed E-state index contributed by atoms with van der Waals surface area (Å²) in [5.41, 5.74) is 0.304. The van der Waals surface area contributed by atoms with Gasteiger partial charge in [0, 0.05) is 6.04 Å². The van der Waals surface area contributed by atoms with Crippen LogP contribution in [0.1, 0.15) is 39.0 Å². The standard InChI is InChI=1S/C18H25FN2O3S/c1-3-17(18(22)20-16-11-12-4-5-13(16)10-12)21(25(2,23)24)15-8-6-14(19)7-9-15/h6-9,12-13,16-17H,3-5,10-11H2,1-2H3,(H,20,22)/t12-,13-,16-,17+/m1/s1. The van der Waals surface area contributed by atoms with Gasteiger partial charge in [-0.2, -0.15) is 0 Å². The summed E-state index contributed by atoms with van der Waals surface area (Å²) < 4.78 is 39.0. The second-order valence-electron chi connectivity index (χ2n) is 7.25. The number of hydrogen-bond donors (Lipinski definition) is 1. The van der Waals surface area contributed by atoms with Gasteiger partial charge in [-0.3, -0.25) is 9.10 Å². The topological polar surface area (TPSA) is 66.5 Å². The predicted octanol–water partition coefficient (Wildman–Crippen LogP) is 2.68. The van der Waals surface area contributed by atoms with Crippen LogP contribution in [-0.4, -0.2) is 32.7 Å². The van der Waals surface area contributed by atoms with E-state index in [9.17, 15) is 17.6 Å². The van der Waals surface area contributed by atoms with Crippen LogP contribution in [0, 0.1) is 17.7 Å². The number of amides is 1. The van der Waals surface area contributed by atoms with E-state index < -0.39 is 21.9 Å². The average Bonchev–Trinajstić information content (AvgIpc) is 3.15. The van der Waals surface area contributed by atoms with Gasteiger partial charge in [0.25, 0.3) is 0 Å². The minimum atomic E-state index is -3.68. The zero-order valence-corrected chi connectivity index (χ0v) is 15.4. The molecule has 1 N–H and O–H groups in total. The Morgan fingerprint density at radius 3 is 2.44 bits per heavy atom. The van der Waals surface area contributed by atoms with Crippen LogP contribution >= 0.6 is 0 Å². The fourth-order valence-corrected chi connectivity index (χ4v) is 5.56. The lowest BCUT2D eigenvalue weighted by molar-refractivity contribution is -0.123. The third-order valence-corrected chi connectivity index (χ3v) is 6.66. The normalized spacial score (nSPS) is 26.4. The molecule has 3 rings (SSSR count). The largest absolute Gasteiger partial charge is 0.351 e. The highest BCUT2D eigenvalue weighted by Gasteiger charge is 2.41. The predicted molar refractivity (Wildman–Crippen MR) is 95.2 cm³/mol. The summed E-state index contributed by atoms with van der Waals surface area (Å²) in [5, 5.41) is 3.08. The van der Waals surface area contributed by atoms with Crippen LogP contribution in [0.5, 0.6) is 0 Å². The minimum Gasteiger partial charge on any atom is -0.351 e. The maximum absolute atomic E-state index is 13.2. The highest BCUT2D eigenvalue weighted by atomic mass is 32.2. The molecular formula is C18H25FN2O3S. The summed E-state index contributed by atoms with van der Waals surface area (Å²) in [6, 6.07) is 4.50. The molecular weight excluding hydrogens is 343 g/mol. The fraction of sp³-hybridized carbons (Fsp3) is 0.611. The van der Waals surface area contributed by atoms with Gasteiger partial charge in [0.05, 0.1) is 11.9 Å². The molecule has 138 valence electrons. The van der Waals surface area contributed by atoms with E-state index in [-0.39, 0.29) is 11.9 Å². The van der Waals surface area contributed by atoms with Crippen molar-refractivity contribution in [1.82, 2.24) is 5.32 Å². The number of nitrogens with one attached hydrogen (secondary N) is 1. The van der Waals surface area contributed by atoms with E-state index in [1.807, 2.05) is 0 Å². The van der Waals surface area contributed by atoms with Crippen LogP contribution in [-0.2, 0) is 14.8 Å². The lowest BCUT2D eigenvalue weighted by Crippen LogP contribution is -2.52. The molecule has 1 aromatic carbocycles. The molecule has 2 aliphatic rings. The molecule has 4 atom stereocenters. The first-order valence-electron chi connectivity index (χ1n) is 8.85. The van der Waals surface area contributed by atoms with Crippen molar-refractivity contribution < 1.29 is 17.6 Å². The minimum absolute atomic E-state index is 0.148. The van der Waals surface area contributed by atoms with Crippen LogP contribution in [0.25, 0.3) is 0 Å². The van der Waals surface area contributed by atoms with Gasteiger partial charge in [0.1, 0.15) is 11.9 Å². The van der Waals surface area contributed by atoms with Crippen LogP contribution < -0.4 is 9.62 Å². The average molecular weight is 368 g/mol. The van der Waals surface area contributed by atoms with Gasteiger partial charge in [0.15, 0.2) is 0 Å². The Balaban J connectivity index is 1.82. The fourth-order valence-electron chi connectivity index (χ4n) is 4.35. The smallest absolute Gasteiger partial charge is 0.244 e. The number of rotatable bonds is 6. The van der Waals surface area contributed by atoms with E-state index in [1.54, 1.807) is 6.92 Å². The lowest BCUT2D eigenvalue weighted by Gasteiger charge is -2.32. The number of carbonyl (C=O) groups excluding carboxylic acids is 1. The Kier molecular flexibility index (Phi) is 5.04. The van der Waals surface area contributed by atoms with Crippen LogP contribution in [0.15, 0.2) is 24.3 Å². The summed E-state index contributed by atoms with van der Waals surface area (Å²) in [6.45, 7) is 1.78. The Morgan fingerprint density at radius 1 is 1.28 bits per heavy atom. The number of carbonyl (C=O) groups is 1. The van der Waals surface area contributed by atoms with E-state index in [4.69, 9.17) is 0 Å². The first kappa shape index (κ1) is 18.2. The van der Waals surface area contributed by atoms with E-state index >= 15 is 0 Å². The number of benzene rings is 1. The van der Waals surface area contributed by atoms with Crippen molar-refractivity contribution in [2.45, 2.75) is 51.1 Å². The molecule has 0 saturated heterocycles. The molecule has 2 aliphatic carbocycles. The molecule has 2 saturated carbocycles. The van der Waals surface area contributed by atoms with Gasteiger partial charge in [-0.25, -0.2) is 12.8 Å². The van der Waals surface area contributed by atoms with Crippen molar-refractivity contribution in [3.63, 3.8) is 0 Å². The van der Waals surface area contributed by atoms with Crippen molar-refractivity contribution in [3.8, 4) is 0 Å². The highest BCUT2D eigenvalue weighted by Crippen LogP contribution is 2.44. The first-order valence-corrected chi connectivity index (χ1v) is 10.7. The summed E-state index contributed by atoms with van der Waals surface area (Å²) >= 11 is 0. The quantitative estimate of drug-likeness (QED) is 0.839. The Bertz CT molecular complexity index is 735. The number of hydrogen-bond acceptors (Lipinski definition) is 3. The number of fused-ring (bicyclic) bond motifs is 2. The van der Waals surface area contributed by atoms with Gasteiger partial charge in [-0.15, -0.1) is 0 Å². The third-order valence-electron chi connectivity index (χ3n) is 5.48. The van der Waals surface area contributed by atoms with E-state index in [1.165, 1.54) is 30.7 Å². The van der Waals surface area contributed by atoms with E-state index in [0.717, 1.165) is 29.8 Å². The van der Waals surface area contributed by atoms with Crippen molar-refractivity contribution in [1.29, 1.82) is 0 Å². The second-order valence-corrected chi connectivity index (χ2v) is 9.11. The van der Waals surface area contributed by atoms with Crippen molar-refractivity contribution >= 4 is 21.6 Å². The Morgan fingerprint density at radius 2 is 1.96 bits per heavy atom. The maximum atomic E-state index is 13.2. The van der Waals surface area contributed by atoms with Gasteiger partial charge in [0.2, 0.25) is 15.9 Å². The first-order chi connectivity index (χ1) is 11.8. The highest BCUT2D eigenvalue weighted by molar-refractivity contribution is 7.92. The monoisotopic (exact) mass is 368 g/mol. The maximum Gasteiger partial charge on any atom is 0.244 e. The zero-order chi connectivity index (χ0) is 18.2. The molecule has 2 bridgehead atoms. The van der Waals surface area contributed by atoms with Gasteiger partial charge in [-0.05, 0) is 61.8 Å². The molecule has 7 heteroatoms. The molecule has 0 spiro atoms. The molecule has 0 heterocycles. The molecule has 1 aromatic rings. The van der Waals surface area contributed by atoms with Crippen LogP contribution in [0.4, 0.5) is 10.1 Å². The molecule has 0 radical (unpaired) electrons. The van der Waals surface area contributed by atoms with Crippen LogP contribution in [0.3, 0.4) is 0 Å². The molecule has 2 fully saturated rings. The third kappa shape index (κ3) is 3.81. The Hall–Kier alpha value is -1.63. The molecule has 1 amide bonds. The molecule has 0 aromatic heterocycles. The number of sulfonamides is 1. The molecule has 25 heavy (non-hydrogen) atoms.